The van der Waals surface area contributed by atoms with Crippen molar-refractivity contribution in [3.05, 3.63) is 16.1 Å². The predicted molar refractivity (Wildman–Crippen MR) is 71.7 cm³/mol. The van der Waals surface area contributed by atoms with Gasteiger partial charge in [-0.15, -0.1) is 11.3 Å². The topological polar surface area (TPSA) is 79.3 Å². The first-order valence-corrected chi connectivity index (χ1v) is 7.21. The Hall–Kier alpha value is -1.43. The summed E-state index contributed by atoms with van der Waals surface area (Å²) < 4.78 is 0. The maximum atomic E-state index is 12.1. The summed E-state index contributed by atoms with van der Waals surface area (Å²) in [6.07, 6.45) is 2.99. The molecule has 1 aromatic heterocycles. The van der Waals surface area contributed by atoms with Gasteiger partial charge in [-0.25, -0.2) is 4.98 Å². The molecule has 3 unspecified atom stereocenters. The Kier molecular flexibility index (Phi) is 4.19. The number of carbonyl (C=O) groups excluding carboxylic acids is 1. The molecule has 6 heteroatoms. The zero-order chi connectivity index (χ0) is 14.0. The van der Waals surface area contributed by atoms with E-state index in [1.807, 2.05) is 13.8 Å². The lowest BCUT2D eigenvalue weighted by atomic mass is 9.95. The van der Waals surface area contributed by atoms with E-state index in [1.165, 1.54) is 11.3 Å². The van der Waals surface area contributed by atoms with Crippen LogP contribution in [-0.2, 0) is 16.1 Å². The summed E-state index contributed by atoms with van der Waals surface area (Å²) in [5.74, 6) is -1.66. The van der Waals surface area contributed by atoms with Crippen molar-refractivity contribution >= 4 is 23.2 Å². The van der Waals surface area contributed by atoms with Gasteiger partial charge in [0.2, 0.25) is 5.91 Å². The quantitative estimate of drug-likeness (QED) is 0.882. The molecule has 19 heavy (non-hydrogen) atoms. The fourth-order valence-corrected chi connectivity index (χ4v) is 3.38. The average Bonchev–Trinajstić information content (AvgIpc) is 2.92. The number of carboxylic acids is 1. The number of thiazole rings is 1. The van der Waals surface area contributed by atoms with Crippen molar-refractivity contribution in [2.45, 2.75) is 33.2 Å². The van der Waals surface area contributed by atoms with Crippen molar-refractivity contribution in [1.29, 1.82) is 0 Å². The van der Waals surface area contributed by atoms with Crippen LogP contribution in [0.4, 0.5) is 0 Å². The molecular weight excluding hydrogens is 264 g/mol. The molecule has 0 saturated heterocycles. The molecule has 5 nitrogen and oxygen atoms in total. The molecule has 2 N–H and O–H groups in total. The summed E-state index contributed by atoms with van der Waals surface area (Å²) in [5.41, 5.74) is 0. The molecule has 104 valence electrons. The highest BCUT2D eigenvalue weighted by Gasteiger charge is 2.40. The third-order valence-corrected chi connectivity index (χ3v) is 4.47. The van der Waals surface area contributed by atoms with Crippen LogP contribution in [0.3, 0.4) is 0 Å². The molecule has 2 rings (SSSR count). The monoisotopic (exact) mass is 282 g/mol. The lowest BCUT2D eigenvalue weighted by Gasteiger charge is -2.14. The van der Waals surface area contributed by atoms with Crippen molar-refractivity contribution < 1.29 is 14.7 Å². The van der Waals surface area contributed by atoms with Crippen molar-refractivity contribution in [1.82, 2.24) is 10.3 Å². The van der Waals surface area contributed by atoms with Crippen LogP contribution in [-0.4, -0.2) is 22.0 Å². The van der Waals surface area contributed by atoms with Gasteiger partial charge in [0.05, 0.1) is 23.4 Å². The first-order valence-electron chi connectivity index (χ1n) is 6.39. The predicted octanol–water partition coefficient (Wildman–Crippen LogP) is 1.81. The number of carboxylic acid groups (broad SMARTS) is 1. The molecule has 1 fully saturated rings. The number of carbonyl (C=O) groups is 2. The molecule has 3 atom stereocenters. The van der Waals surface area contributed by atoms with E-state index in [2.05, 4.69) is 10.3 Å². The van der Waals surface area contributed by atoms with Gasteiger partial charge in [-0.2, -0.15) is 0 Å². The summed E-state index contributed by atoms with van der Waals surface area (Å²) in [6.45, 7) is 4.34. The lowest BCUT2D eigenvalue weighted by molar-refractivity contribution is -0.146. The highest BCUT2D eigenvalue weighted by Crippen LogP contribution is 2.36. The van der Waals surface area contributed by atoms with E-state index in [0.717, 1.165) is 9.88 Å². The van der Waals surface area contributed by atoms with E-state index in [0.29, 0.717) is 25.3 Å². The number of nitrogens with zero attached hydrogens (tertiary/aromatic N) is 1. The van der Waals surface area contributed by atoms with Crippen LogP contribution in [0.25, 0.3) is 0 Å². The average molecular weight is 282 g/mol. The first kappa shape index (κ1) is 14.0. The van der Waals surface area contributed by atoms with E-state index < -0.39 is 17.8 Å². The second-order valence-corrected chi connectivity index (χ2v) is 6.51. The SMILES string of the molecule is Cc1ncc(CNC(=O)C2CC(C)CC2C(=O)O)s1. The molecule has 1 aliphatic rings. The molecule has 1 aromatic rings. The molecule has 0 bridgehead atoms. The second kappa shape index (κ2) is 5.69. The summed E-state index contributed by atoms with van der Waals surface area (Å²) in [4.78, 5) is 28.4. The van der Waals surface area contributed by atoms with E-state index in [1.54, 1.807) is 6.20 Å². The summed E-state index contributed by atoms with van der Waals surface area (Å²) >= 11 is 1.54. The van der Waals surface area contributed by atoms with Crippen LogP contribution in [0, 0.1) is 24.7 Å². The van der Waals surface area contributed by atoms with E-state index in [-0.39, 0.29) is 5.91 Å². The van der Waals surface area contributed by atoms with Crippen LogP contribution >= 0.6 is 11.3 Å². The normalized spacial score (nSPS) is 26.3. The molecule has 0 spiro atoms. The number of aryl methyl sites for hydroxylation is 1. The highest BCUT2D eigenvalue weighted by atomic mass is 32.1. The standard InChI is InChI=1S/C13H18N2O3S/c1-7-3-10(11(4-7)13(17)18)12(16)15-6-9-5-14-8(2)19-9/h5,7,10-11H,3-4,6H2,1-2H3,(H,15,16)(H,17,18). The van der Waals surface area contributed by atoms with Gasteiger partial charge in [-0.3, -0.25) is 9.59 Å². The van der Waals surface area contributed by atoms with Gasteiger partial charge in [0, 0.05) is 11.1 Å². The van der Waals surface area contributed by atoms with Crippen LogP contribution < -0.4 is 5.32 Å². The van der Waals surface area contributed by atoms with Crippen molar-refractivity contribution in [3.8, 4) is 0 Å². The summed E-state index contributed by atoms with van der Waals surface area (Å²) in [5, 5.41) is 12.9. The van der Waals surface area contributed by atoms with Gasteiger partial charge in [0.1, 0.15) is 0 Å². The van der Waals surface area contributed by atoms with Crippen LogP contribution in [0.5, 0.6) is 0 Å². The van der Waals surface area contributed by atoms with Gasteiger partial charge in [0.15, 0.2) is 0 Å². The Labute approximate surface area is 116 Å². The fraction of sp³-hybridized carbons (Fsp3) is 0.615. The molecule has 0 aliphatic heterocycles. The smallest absolute Gasteiger partial charge is 0.307 e. The number of hydrogen-bond acceptors (Lipinski definition) is 4. The van der Waals surface area contributed by atoms with Gasteiger partial charge in [-0.05, 0) is 25.7 Å². The molecule has 0 radical (unpaired) electrons. The second-order valence-electron chi connectivity index (χ2n) is 5.19. The maximum absolute atomic E-state index is 12.1. The van der Waals surface area contributed by atoms with Crippen molar-refractivity contribution in [2.24, 2.45) is 17.8 Å². The van der Waals surface area contributed by atoms with Gasteiger partial charge in [0.25, 0.3) is 0 Å². The molecule has 1 aliphatic carbocycles. The molecule has 1 amide bonds. The molecule has 1 saturated carbocycles. The van der Waals surface area contributed by atoms with Crippen molar-refractivity contribution in [2.75, 3.05) is 0 Å². The minimum atomic E-state index is -0.863. The number of hydrogen-bond donors (Lipinski definition) is 2. The zero-order valence-electron chi connectivity index (χ0n) is 11.0. The Morgan fingerprint density at radius 1 is 1.47 bits per heavy atom. The van der Waals surface area contributed by atoms with E-state index in [9.17, 15) is 9.59 Å². The van der Waals surface area contributed by atoms with Crippen LogP contribution in [0.2, 0.25) is 0 Å². The number of aromatic nitrogens is 1. The zero-order valence-corrected chi connectivity index (χ0v) is 11.9. The van der Waals surface area contributed by atoms with Gasteiger partial charge in [-0.1, -0.05) is 6.92 Å². The lowest BCUT2D eigenvalue weighted by Crippen LogP contribution is -2.34. The Bertz CT molecular complexity index is 486. The minimum Gasteiger partial charge on any atom is -0.481 e. The highest BCUT2D eigenvalue weighted by molar-refractivity contribution is 7.11. The summed E-state index contributed by atoms with van der Waals surface area (Å²) in [6, 6.07) is 0. The number of rotatable bonds is 4. The fourth-order valence-electron chi connectivity index (χ4n) is 2.65. The Morgan fingerprint density at radius 3 is 2.74 bits per heavy atom. The maximum Gasteiger partial charge on any atom is 0.307 e. The summed E-state index contributed by atoms with van der Waals surface area (Å²) in [7, 11) is 0. The molecule has 1 heterocycles. The molecule has 0 aromatic carbocycles. The van der Waals surface area contributed by atoms with Crippen LogP contribution in [0.15, 0.2) is 6.20 Å². The van der Waals surface area contributed by atoms with E-state index in [4.69, 9.17) is 5.11 Å². The van der Waals surface area contributed by atoms with Crippen LogP contribution in [0.1, 0.15) is 29.7 Å². The Balaban J connectivity index is 1.93. The van der Waals surface area contributed by atoms with Gasteiger partial charge < -0.3 is 10.4 Å². The first-order chi connectivity index (χ1) is 8.97. The largest absolute Gasteiger partial charge is 0.481 e. The third kappa shape index (κ3) is 3.32. The number of amides is 1. The number of aliphatic carboxylic acids is 1. The van der Waals surface area contributed by atoms with Crippen molar-refractivity contribution in [3.63, 3.8) is 0 Å². The molecular formula is C13H18N2O3S. The van der Waals surface area contributed by atoms with E-state index >= 15 is 0 Å². The third-order valence-electron chi connectivity index (χ3n) is 3.56. The number of nitrogens with one attached hydrogen (secondary N) is 1. The minimum absolute atomic E-state index is 0.150. The van der Waals surface area contributed by atoms with Gasteiger partial charge >= 0.3 is 5.97 Å². The Morgan fingerprint density at radius 2 is 2.16 bits per heavy atom.